The fraction of sp³-hybridized carbons (Fsp3) is 0.824. The maximum Gasteiger partial charge on any atom is 0.410 e. The van der Waals surface area contributed by atoms with Crippen LogP contribution in [-0.2, 0) is 19.1 Å². The average molecular weight is 325 g/mol. The first-order valence-electron chi connectivity index (χ1n) is 8.27. The molecule has 0 radical (unpaired) electrons. The molecule has 23 heavy (non-hydrogen) atoms. The van der Waals surface area contributed by atoms with E-state index in [1.807, 2.05) is 20.8 Å². The van der Waals surface area contributed by atoms with Crippen molar-refractivity contribution in [2.24, 2.45) is 11.3 Å². The average Bonchev–Trinajstić information content (AvgIpc) is 2.45. The minimum atomic E-state index is -0.679. The molecule has 0 aromatic rings. The molecule has 2 rings (SSSR count). The van der Waals surface area contributed by atoms with Gasteiger partial charge in [0.05, 0.1) is 7.11 Å². The first-order valence-corrected chi connectivity index (χ1v) is 8.27. The lowest BCUT2D eigenvalue weighted by molar-refractivity contribution is -0.160. The first kappa shape index (κ1) is 17.8. The van der Waals surface area contributed by atoms with Crippen LogP contribution in [-0.4, -0.2) is 48.5 Å². The minimum Gasteiger partial charge on any atom is -0.468 e. The molecule has 0 N–H and O–H groups in total. The normalized spacial score (nSPS) is 24.4. The number of hydrogen-bond acceptors (Lipinski definition) is 5. The van der Waals surface area contributed by atoms with Gasteiger partial charge in [0, 0.05) is 19.5 Å². The highest BCUT2D eigenvalue weighted by molar-refractivity contribution is 6.00. The molecule has 0 aromatic heterocycles. The molecular formula is C17H27NO5. The summed E-state index contributed by atoms with van der Waals surface area (Å²) in [5, 5.41) is 0. The van der Waals surface area contributed by atoms with Crippen LogP contribution < -0.4 is 0 Å². The van der Waals surface area contributed by atoms with Gasteiger partial charge in [0.1, 0.15) is 17.3 Å². The summed E-state index contributed by atoms with van der Waals surface area (Å²) in [5.74, 6) is -1.13. The second-order valence-electron chi connectivity index (χ2n) is 7.61. The van der Waals surface area contributed by atoms with Gasteiger partial charge in [0.25, 0.3) is 0 Å². The Hall–Kier alpha value is -1.59. The summed E-state index contributed by atoms with van der Waals surface area (Å²) in [6.07, 6.45) is 3.02. The van der Waals surface area contributed by atoms with Crippen molar-refractivity contribution in [3.05, 3.63) is 0 Å². The summed E-state index contributed by atoms with van der Waals surface area (Å²) in [6.45, 7) is 6.53. The van der Waals surface area contributed by atoms with Crippen molar-refractivity contribution in [1.82, 2.24) is 4.90 Å². The maximum atomic E-state index is 12.3. The van der Waals surface area contributed by atoms with Gasteiger partial charge in [-0.1, -0.05) is 0 Å². The minimum absolute atomic E-state index is 0.0196. The summed E-state index contributed by atoms with van der Waals surface area (Å²) < 4.78 is 10.3. The van der Waals surface area contributed by atoms with Gasteiger partial charge in [-0.3, -0.25) is 9.59 Å². The molecule has 6 heteroatoms. The number of Topliss-reactive ketones (excluding diaryl/α,β-unsaturated/α-hetero) is 1. The molecule has 6 nitrogen and oxygen atoms in total. The fourth-order valence-corrected chi connectivity index (χ4v) is 3.74. The van der Waals surface area contributed by atoms with Crippen molar-refractivity contribution in [2.75, 3.05) is 20.2 Å². The predicted octanol–water partition coefficient (Wildman–Crippen LogP) is 2.55. The van der Waals surface area contributed by atoms with Gasteiger partial charge in [-0.25, -0.2) is 4.79 Å². The molecule has 1 saturated carbocycles. The smallest absolute Gasteiger partial charge is 0.410 e. The van der Waals surface area contributed by atoms with Crippen LogP contribution >= 0.6 is 0 Å². The van der Waals surface area contributed by atoms with Crippen molar-refractivity contribution in [3.8, 4) is 0 Å². The van der Waals surface area contributed by atoms with E-state index in [9.17, 15) is 14.4 Å². The molecule has 2 fully saturated rings. The van der Waals surface area contributed by atoms with Gasteiger partial charge in [-0.15, -0.1) is 0 Å². The molecular weight excluding hydrogens is 298 g/mol. The Balaban J connectivity index is 2.07. The number of carbonyl (C=O) groups is 3. The van der Waals surface area contributed by atoms with E-state index in [0.29, 0.717) is 32.4 Å². The van der Waals surface area contributed by atoms with Gasteiger partial charge in [0.2, 0.25) is 0 Å². The molecule has 1 spiro atoms. The Bertz CT molecular complexity index is 478. The molecule has 130 valence electrons. The quantitative estimate of drug-likeness (QED) is 0.547. The van der Waals surface area contributed by atoms with Crippen LogP contribution in [0.5, 0.6) is 0 Å². The zero-order valence-corrected chi connectivity index (χ0v) is 14.5. The first-order chi connectivity index (χ1) is 10.7. The highest BCUT2D eigenvalue weighted by Crippen LogP contribution is 2.47. The second kappa shape index (κ2) is 6.49. The van der Waals surface area contributed by atoms with Crippen molar-refractivity contribution >= 4 is 17.8 Å². The molecule has 0 aromatic carbocycles. The number of carbonyl (C=O) groups excluding carboxylic acids is 3. The zero-order valence-electron chi connectivity index (χ0n) is 14.5. The summed E-state index contributed by atoms with van der Waals surface area (Å²) in [5.41, 5.74) is -0.886. The van der Waals surface area contributed by atoms with E-state index in [-0.39, 0.29) is 17.3 Å². The Labute approximate surface area is 137 Å². The van der Waals surface area contributed by atoms with Crippen LogP contribution in [0.15, 0.2) is 0 Å². The Morgan fingerprint density at radius 2 is 1.78 bits per heavy atom. The number of amides is 1. The van der Waals surface area contributed by atoms with Crippen molar-refractivity contribution < 1.29 is 23.9 Å². The van der Waals surface area contributed by atoms with Crippen molar-refractivity contribution in [2.45, 2.75) is 58.5 Å². The number of piperidine rings is 1. The summed E-state index contributed by atoms with van der Waals surface area (Å²) in [6, 6.07) is 0. The predicted molar refractivity (Wildman–Crippen MR) is 83.8 cm³/mol. The zero-order chi connectivity index (χ0) is 17.3. The third kappa shape index (κ3) is 3.85. The topological polar surface area (TPSA) is 72.9 Å². The number of likely N-dealkylation sites (tertiary alicyclic amines) is 1. The van der Waals surface area contributed by atoms with Gasteiger partial charge in [-0.2, -0.15) is 0 Å². The van der Waals surface area contributed by atoms with Gasteiger partial charge < -0.3 is 14.4 Å². The van der Waals surface area contributed by atoms with E-state index in [2.05, 4.69) is 0 Å². The fourth-order valence-electron chi connectivity index (χ4n) is 3.74. The number of methoxy groups -OCH3 is 1. The highest BCUT2D eigenvalue weighted by Gasteiger charge is 2.51. The van der Waals surface area contributed by atoms with Crippen LogP contribution in [0.3, 0.4) is 0 Å². The Morgan fingerprint density at radius 3 is 2.30 bits per heavy atom. The van der Waals surface area contributed by atoms with Crippen molar-refractivity contribution in [1.29, 1.82) is 0 Å². The molecule has 0 bridgehead atoms. The number of rotatable bonds is 1. The highest BCUT2D eigenvalue weighted by atomic mass is 16.6. The van der Waals surface area contributed by atoms with E-state index in [0.717, 1.165) is 12.8 Å². The molecule has 1 amide bonds. The summed E-state index contributed by atoms with van der Waals surface area (Å²) in [4.78, 5) is 38.2. The standard InChI is InChI=1S/C17H27NO5/c1-16(2,3)23-15(21)18-10-8-17(9-11-18)7-5-6-12(19)13(17)14(20)22-4/h13H,5-11H2,1-4H3. The third-order valence-corrected chi connectivity index (χ3v) is 4.88. The number of ether oxygens (including phenoxy) is 2. The number of ketones is 1. The second-order valence-corrected chi connectivity index (χ2v) is 7.61. The molecule has 1 heterocycles. The molecule has 1 aliphatic heterocycles. The molecule has 2 aliphatic rings. The van der Waals surface area contributed by atoms with Crippen LogP contribution in [0.25, 0.3) is 0 Å². The van der Waals surface area contributed by atoms with E-state index in [1.54, 1.807) is 4.90 Å². The lowest BCUT2D eigenvalue weighted by Gasteiger charge is -2.47. The van der Waals surface area contributed by atoms with Crippen molar-refractivity contribution in [3.63, 3.8) is 0 Å². The monoisotopic (exact) mass is 325 g/mol. The molecule has 1 aliphatic carbocycles. The Kier molecular flexibility index (Phi) is 5.01. The van der Waals surface area contributed by atoms with E-state index >= 15 is 0 Å². The van der Waals surface area contributed by atoms with Crippen LogP contribution in [0, 0.1) is 11.3 Å². The van der Waals surface area contributed by atoms with E-state index < -0.39 is 17.5 Å². The van der Waals surface area contributed by atoms with Gasteiger partial charge >= 0.3 is 12.1 Å². The van der Waals surface area contributed by atoms with Crippen LogP contribution in [0.4, 0.5) is 4.79 Å². The Morgan fingerprint density at radius 1 is 1.17 bits per heavy atom. The molecule has 1 atom stereocenters. The summed E-state index contributed by atoms with van der Waals surface area (Å²) in [7, 11) is 1.33. The number of hydrogen-bond donors (Lipinski definition) is 0. The lowest BCUT2D eigenvalue weighted by atomic mass is 9.61. The van der Waals surface area contributed by atoms with E-state index in [1.165, 1.54) is 7.11 Å². The third-order valence-electron chi connectivity index (χ3n) is 4.88. The van der Waals surface area contributed by atoms with Crippen LogP contribution in [0.2, 0.25) is 0 Å². The van der Waals surface area contributed by atoms with Gasteiger partial charge in [-0.05, 0) is 51.9 Å². The van der Waals surface area contributed by atoms with Crippen LogP contribution in [0.1, 0.15) is 52.9 Å². The maximum absolute atomic E-state index is 12.3. The van der Waals surface area contributed by atoms with E-state index in [4.69, 9.17) is 9.47 Å². The number of nitrogens with zero attached hydrogens (tertiary/aromatic N) is 1. The molecule has 1 saturated heterocycles. The largest absolute Gasteiger partial charge is 0.468 e. The SMILES string of the molecule is COC(=O)C1C(=O)CCCC12CCN(C(=O)OC(C)(C)C)CC2. The lowest BCUT2D eigenvalue weighted by Crippen LogP contribution is -2.52. The van der Waals surface area contributed by atoms with Gasteiger partial charge in [0.15, 0.2) is 0 Å². The molecule has 1 unspecified atom stereocenters. The summed E-state index contributed by atoms with van der Waals surface area (Å²) >= 11 is 0. The number of esters is 1.